The summed E-state index contributed by atoms with van der Waals surface area (Å²) in [6, 6.07) is 7.76. The number of amides is 1. The summed E-state index contributed by atoms with van der Waals surface area (Å²) in [6.07, 6.45) is 7.38. The van der Waals surface area contributed by atoms with Crippen LogP contribution < -0.4 is 9.67 Å². The number of nitrogens with one attached hydrogen (secondary N) is 1. The molecule has 1 aromatic carbocycles. The number of hydrogen-bond acceptors (Lipinski definition) is 5. The van der Waals surface area contributed by atoms with E-state index in [9.17, 15) is 13.6 Å². The zero-order valence-electron chi connectivity index (χ0n) is 14.6. The number of carbonyl (C=O) groups excluding carboxylic acids is 1. The van der Waals surface area contributed by atoms with Crippen molar-refractivity contribution in [3.05, 3.63) is 55.1 Å². The Balaban J connectivity index is 0.000000198. The number of nitrogens with zero attached hydrogens (tertiary/aromatic N) is 3. The first-order chi connectivity index (χ1) is 12.7. The molecule has 0 radical (unpaired) electrons. The summed E-state index contributed by atoms with van der Waals surface area (Å²) < 4.78 is 30.2. The van der Waals surface area contributed by atoms with E-state index in [1.807, 2.05) is 31.6 Å². The van der Waals surface area contributed by atoms with Crippen LogP contribution in [0.25, 0.3) is 11.1 Å². The molecule has 0 atom stereocenters. The number of aromatic nitrogens is 3. The van der Waals surface area contributed by atoms with Gasteiger partial charge in [-0.05, 0) is 17.7 Å². The van der Waals surface area contributed by atoms with Crippen molar-refractivity contribution in [1.29, 1.82) is 0 Å². The fourth-order valence-corrected chi connectivity index (χ4v) is 3.59. The molecule has 0 aliphatic carbocycles. The van der Waals surface area contributed by atoms with E-state index >= 15 is 0 Å². The van der Waals surface area contributed by atoms with Crippen LogP contribution in [0, 0.1) is 0 Å². The molecule has 10 heteroatoms. The molecule has 0 unspecified atom stereocenters. The molecule has 0 aliphatic rings. The maximum atomic E-state index is 11.0. The predicted octanol–water partition coefficient (Wildman–Crippen LogP) is 0.394. The van der Waals surface area contributed by atoms with Gasteiger partial charge in [-0.15, -0.1) is 0 Å². The van der Waals surface area contributed by atoms with Gasteiger partial charge in [0.1, 0.15) is 0 Å². The molecule has 142 valence electrons. The Hall–Kier alpha value is -2.87. The quantitative estimate of drug-likeness (QED) is 0.346. The van der Waals surface area contributed by atoms with Crippen molar-refractivity contribution in [2.24, 2.45) is 7.05 Å². The van der Waals surface area contributed by atoms with Crippen LogP contribution in [0.3, 0.4) is 0 Å². The minimum absolute atomic E-state index is 0.00951. The third-order valence-corrected chi connectivity index (χ3v) is 5.43. The summed E-state index contributed by atoms with van der Waals surface area (Å²) in [5.41, 5.74) is 2.27. The monoisotopic (exact) mass is 434 g/mol. The molecule has 0 spiro atoms. The molecule has 0 saturated heterocycles. The maximum Gasteiger partial charge on any atom is 0.0568 e. The average molecular weight is 434 g/mol. The Morgan fingerprint density at radius 1 is 1.15 bits per heavy atom. The molecule has 0 fully saturated rings. The molecule has 0 bridgehead atoms. The zero-order chi connectivity index (χ0) is 20.0. The maximum absolute atomic E-state index is 11.0. The van der Waals surface area contributed by atoms with Gasteiger partial charge in [0, 0.05) is 31.2 Å². The first kappa shape index (κ1) is 20.4. The number of pyridine rings is 1. The molecule has 9 nitrogen and oxygen atoms in total. The standard InChI is InChI=1S/C9H9N3.C8H10AsNO5/c1-12-7-9(6-11-12)8-2-4-10-5-3-8;1-5(11)10-7-4-2-3-6(8(7)12)9(13,14)15/h2-7H,1H3;2-4,12H,1H3,(H,10,11)(H2,13,14,15). The van der Waals surface area contributed by atoms with Crippen LogP contribution in [-0.4, -0.2) is 48.1 Å². The summed E-state index contributed by atoms with van der Waals surface area (Å²) in [5, 5.41) is 15.8. The van der Waals surface area contributed by atoms with Crippen LogP contribution in [0.1, 0.15) is 6.92 Å². The second-order valence-electron chi connectivity index (χ2n) is 5.54. The molecule has 3 aromatic rings. The Kier molecular flexibility index (Phi) is 6.57. The van der Waals surface area contributed by atoms with Crippen LogP contribution in [0.15, 0.2) is 55.1 Å². The van der Waals surface area contributed by atoms with E-state index in [1.54, 1.807) is 17.1 Å². The molecule has 27 heavy (non-hydrogen) atoms. The summed E-state index contributed by atoms with van der Waals surface area (Å²) in [6.45, 7) is 1.23. The Labute approximate surface area is 158 Å². The van der Waals surface area contributed by atoms with E-state index in [4.69, 9.17) is 8.19 Å². The van der Waals surface area contributed by atoms with E-state index in [-0.39, 0.29) is 5.69 Å². The van der Waals surface area contributed by atoms with Crippen molar-refractivity contribution >= 4 is 30.1 Å². The number of para-hydroxylation sites is 1. The van der Waals surface area contributed by atoms with E-state index in [0.717, 1.165) is 17.2 Å². The third kappa shape index (κ3) is 5.82. The van der Waals surface area contributed by atoms with Gasteiger partial charge in [-0.2, -0.15) is 5.10 Å². The normalized spacial score (nSPS) is 10.7. The molecule has 0 saturated carbocycles. The number of carbonyl (C=O) groups is 1. The largest absolute Gasteiger partial charge is 0.275 e. The third-order valence-electron chi connectivity index (χ3n) is 3.36. The number of aromatic hydroxyl groups is 1. The molecule has 2 aromatic heterocycles. The van der Waals surface area contributed by atoms with Crippen molar-refractivity contribution in [3.8, 4) is 16.9 Å². The Bertz CT molecular complexity index is 968. The SMILES string of the molecule is CC(=O)Nc1cccc([As](=O)(O)O)c1O.Cn1cc(-c2ccncc2)cn1. The first-order valence-electron chi connectivity index (χ1n) is 7.73. The van der Waals surface area contributed by atoms with Crippen molar-refractivity contribution in [2.45, 2.75) is 6.92 Å². The van der Waals surface area contributed by atoms with Gasteiger partial charge in [0.15, 0.2) is 0 Å². The van der Waals surface area contributed by atoms with Gasteiger partial charge < -0.3 is 0 Å². The van der Waals surface area contributed by atoms with Crippen molar-refractivity contribution in [2.75, 3.05) is 5.32 Å². The fourth-order valence-electron chi connectivity index (χ4n) is 2.17. The van der Waals surface area contributed by atoms with E-state index < -0.39 is 30.2 Å². The smallest absolute Gasteiger partial charge is 0.0568 e. The summed E-state index contributed by atoms with van der Waals surface area (Å²) in [7, 11) is 1.91. The molecule has 1 amide bonds. The minimum Gasteiger partial charge on any atom is -0.275 e. The van der Waals surface area contributed by atoms with Gasteiger partial charge in [-0.1, -0.05) is 0 Å². The minimum atomic E-state index is -5.15. The number of phenolic OH excluding ortho intramolecular Hbond substituents is 1. The molecule has 4 N–H and O–H groups in total. The number of phenols is 1. The number of benzene rings is 1. The molecule has 0 aliphatic heterocycles. The number of hydrogen-bond donors (Lipinski definition) is 4. The van der Waals surface area contributed by atoms with Crippen LogP contribution >= 0.6 is 0 Å². The number of anilines is 1. The second-order valence-corrected chi connectivity index (χ2v) is 8.83. The number of rotatable bonds is 3. The van der Waals surface area contributed by atoms with Crippen molar-refractivity contribution < 1.29 is 21.8 Å². The summed E-state index contributed by atoms with van der Waals surface area (Å²) in [4.78, 5) is 14.7. The van der Waals surface area contributed by atoms with Crippen molar-refractivity contribution in [1.82, 2.24) is 14.8 Å². The molecular weight excluding hydrogens is 415 g/mol. The second kappa shape index (κ2) is 8.68. The molecular formula is C17H19AsN4O5. The molecule has 3 rings (SSSR count). The zero-order valence-corrected chi connectivity index (χ0v) is 16.5. The predicted molar refractivity (Wildman–Crippen MR) is 99.4 cm³/mol. The fraction of sp³-hybridized carbons (Fsp3) is 0.118. The van der Waals surface area contributed by atoms with Gasteiger partial charge >= 0.3 is 88.1 Å². The van der Waals surface area contributed by atoms with Gasteiger partial charge in [-0.3, -0.25) is 9.67 Å². The Morgan fingerprint density at radius 3 is 2.33 bits per heavy atom. The van der Waals surface area contributed by atoms with Crippen LogP contribution in [0.2, 0.25) is 0 Å². The summed E-state index contributed by atoms with van der Waals surface area (Å²) in [5.74, 6) is -1.01. The average Bonchev–Trinajstić information content (AvgIpc) is 3.03. The van der Waals surface area contributed by atoms with E-state index in [2.05, 4.69) is 15.4 Å². The summed E-state index contributed by atoms with van der Waals surface area (Å²) >= 11 is -5.15. The first-order valence-corrected chi connectivity index (χ1v) is 11.1. The van der Waals surface area contributed by atoms with E-state index in [0.29, 0.717) is 0 Å². The van der Waals surface area contributed by atoms with Crippen molar-refractivity contribution in [3.63, 3.8) is 0 Å². The van der Waals surface area contributed by atoms with Gasteiger partial charge in [0.05, 0.1) is 6.20 Å². The number of aryl methyl sites for hydroxylation is 1. The topological polar surface area (TPSA) is 138 Å². The van der Waals surface area contributed by atoms with E-state index in [1.165, 1.54) is 19.1 Å². The Morgan fingerprint density at radius 2 is 1.81 bits per heavy atom. The van der Waals surface area contributed by atoms with Gasteiger partial charge in [0.25, 0.3) is 0 Å². The van der Waals surface area contributed by atoms with Crippen LogP contribution in [0.4, 0.5) is 5.69 Å². The van der Waals surface area contributed by atoms with Crippen LogP contribution in [0.5, 0.6) is 5.75 Å². The van der Waals surface area contributed by atoms with Gasteiger partial charge in [0.2, 0.25) is 0 Å². The molecule has 2 heterocycles. The van der Waals surface area contributed by atoms with Gasteiger partial charge in [-0.25, -0.2) is 0 Å². The van der Waals surface area contributed by atoms with Crippen LogP contribution in [-0.2, 0) is 15.6 Å².